The molecule has 6 aromatic rings. The van der Waals surface area contributed by atoms with E-state index in [9.17, 15) is 0 Å². The summed E-state index contributed by atoms with van der Waals surface area (Å²) in [5.41, 5.74) is 13.4. The predicted octanol–water partition coefficient (Wildman–Crippen LogP) is 14.5. The topological polar surface area (TPSA) is 0 Å². The van der Waals surface area contributed by atoms with Crippen LogP contribution in [0.4, 0.5) is 0 Å². The molecule has 52 heavy (non-hydrogen) atoms. The van der Waals surface area contributed by atoms with E-state index in [1.165, 1.54) is 77.2 Å². The van der Waals surface area contributed by atoms with Crippen LogP contribution in [0.5, 0.6) is 0 Å². The van der Waals surface area contributed by atoms with Gasteiger partial charge in [-0.15, -0.1) is 0 Å². The molecule has 8 rings (SSSR count). The monoisotopic (exact) mass is 670 g/mol. The van der Waals surface area contributed by atoms with E-state index in [4.69, 9.17) is 0 Å². The Morgan fingerprint density at radius 1 is 0.712 bits per heavy atom. The molecule has 0 amide bonds. The number of allylic oxidation sites excluding steroid dienone is 12. The molecule has 0 bridgehead atoms. The number of benzene rings is 6. The standard InChI is InChI=1S/C52H46/c1-3-38(40-15-6-4-7-16-40)34-48(33-37(2)39-25-27-43(28-26-39)44-31-29-42(30-32-44)41-17-8-5-9-18-41)45-20-14-21-46(35-45)52-36-47-19-10-11-22-49(47)50-23-12-13-24-51(50)52/h4-13,15-19,21-27,29-37,43H,3,14,20,28H2,1-2H3/b38-34+,48-33+. The first-order chi connectivity index (χ1) is 25.6. The molecule has 0 aromatic heterocycles. The van der Waals surface area contributed by atoms with Crippen molar-refractivity contribution in [2.24, 2.45) is 5.92 Å². The molecule has 254 valence electrons. The van der Waals surface area contributed by atoms with Gasteiger partial charge in [0.25, 0.3) is 0 Å². The van der Waals surface area contributed by atoms with Crippen molar-refractivity contribution in [1.29, 1.82) is 0 Å². The Labute approximate surface area is 309 Å². The highest BCUT2D eigenvalue weighted by Crippen LogP contribution is 2.39. The molecule has 0 heteroatoms. The van der Waals surface area contributed by atoms with Gasteiger partial charge in [-0.2, -0.15) is 0 Å². The lowest BCUT2D eigenvalue weighted by Gasteiger charge is -2.22. The van der Waals surface area contributed by atoms with Gasteiger partial charge in [-0.1, -0.05) is 190 Å². The summed E-state index contributed by atoms with van der Waals surface area (Å²) in [6, 6.07) is 50.8. The molecule has 0 N–H and O–H groups in total. The van der Waals surface area contributed by atoms with E-state index in [0.717, 1.165) is 25.7 Å². The summed E-state index contributed by atoms with van der Waals surface area (Å²) >= 11 is 0. The van der Waals surface area contributed by atoms with E-state index < -0.39 is 0 Å². The lowest BCUT2D eigenvalue weighted by atomic mass is 9.83. The fourth-order valence-corrected chi connectivity index (χ4v) is 8.03. The first kappa shape index (κ1) is 33.4. The SMILES string of the molecule is CC/C(=C\C(=C/C(C)C1=CCC(c2ccc(-c3ccccc3)cc2)C=C1)C1=CC(c2cc3ccccc3c3ccccc23)=CCC1)c1ccccc1. The van der Waals surface area contributed by atoms with Crippen LogP contribution in [0.3, 0.4) is 0 Å². The second kappa shape index (κ2) is 15.3. The van der Waals surface area contributed by atoms with Crippen LogP contribution in [-0.2, 0) is 0 Å². The zero-order chi connectivity index (χ0) is 35.3. The first-order valence-corrected chi connectivity index (χ1v) is 19.0. The quantitative estimate of drug-likeness (QED) is 0.106. The van der Waals surface area contributed by atoms with Crippen molar-refractivity contribution in [2.45, 2.75) is 45.4 Å². The second-order valence-electron chi connectivity index (χ2n) is 14.3. The van der Waals surface area contributed by atoms with Gasteiger partial charge in [0.2, 0.25) is 0 Å². The summed E-state index contributed by atoms with van der Waals surface area (Å²) in [6.45, 7) is 4.64. The van der Waals surface area contributed by atoms with Gasteiger partial charge in [0.1, 0.15) is 0 Å². The smallest absolute Gasteiger partial charge is 0.00559 e. The Balaban J connectivity index is 1.12. The molecular formula is C52H46. The normalized spacial score (nSPS) is 17.1. The van der Waals surface area contributed by atoms with Crippen LogP contribution in [0.1, 0.15) is 62.1 Å². The van der Waals surface area contributed by atoms with Crippen LogP contribution in [0.2, 0.25) is 0 Å². The third-order valence-corrected chi connectivity index (χ3v) is 10.9. The van der Waals surface area contributed by atoms with Crippen molar-refractivity contribution in [3.8, 4) is 11.1 Å². The molecule has 6 aromatic carbocycles. The summed E-state index contributed by atoms with van der Waals surface area (Å²) in [5, 5.41) is 5.25. The van der Waals surface area contributed by atoms with Gasteiger partial charge in [0, 0.05) is 5.92 Å². The van der Waals surface area contributed by atoms with Crippen molar-refractivity contribution in [2.75, 3.05) is 0 Å². The maximum absolute atomic E-state index is 2.52. The average Bonchev–Trinajstić information content (AvgIpc) is 3.23. The summed E-state index contributed by atoms with van der Waals surface area (Å²) in [5.74, 6) is 0.689. The Bertz CT molecular complexity index is 2390. The highest BCUT2D eigenvalue weighted by Gasteiger charge is 2.18. The lowest BCUT2D eigenvalue weighted by Crippen LogP contribution is -2.04. The van der Waals surface area contributed by atoms with E-state index in [2.05, 4.69) is 196 Å². The maximum Gasteiger partial charge on any atom is 0.00559 e. The molecule has 2 aliphatic carbocycles. The fraction of sp³-hybridized carbons (Fsp3) is 0.154. The zero-order valence-corrected chi connectivity index (χ0v) is 30.3. The van der Waals surface area contributed by atoms with Crippen molar-refractivity contribution in [1.82, 2.24) is 0 Å². The molecule has 0 aliphatic heterocycles. The van der Waals surface area contributed by atoms with Crippen molar-refractivity contribution < 1.29 is 0 Å². The van der Waals surface area contributed by atoms with E-state index in [1.54, 1.807) is 0 Å². The third kappa shape index (κ3) is 7.07. The minimum atomic E-state index is 0.287. The Morgan fingerprint density at radius 2 is 1.38 bits per heavy atom. The summed E-state index contributed by atoms with van der Waals surface area (Å²) in [6.07, 6.45) is 21.3. The van der Waals surface area contributed by atoms with Crippen LogP contribution in [-0.4, -0.2) is 0 Å². The second-order valence-corrected chi connectivity index (χ2v) is 14.3. The number of rotatable bonds is 9. The van der Waals surface area contributed by atoms with Gasteiger partial charge in [0.15, 0.2) is 0 Å². The summed E-state index contributed by atoms with van der Waals surface area (Å²) in [7, 11) is 0. The molecule has 0 spiro atoms. The molecule has 2 unspecified atom stereocenters. The molecule has 2 aliphatic rings. The molecule has 0 saturated heterocycles. The fourth-order valence-electron chi connectivity index (χ4n) is 8.03. The van der Waals surface area contributed by atoms with E-state index in [0.29, 0.717) is 5.92 Å². The van der Waals surface area contributed by atoms with Crippen LogP contribution < -0.4 is 0 Å². The molecule has 0 nitrogen and oxygen atoms in total. The van der Waals surface area contributed by atoms with Gasteiger partial charge in [0.05, 0.1) is 0 Å². The molecule has 2 atom stereocenters. The predicted molar refractivity (Wildman–Crippen MR) is 225 cm³/mol. The molecule has 0 radical (unpaired) electrons. The number of fused-ring (bicyclic) bond motifs is 3. The first-order valence-electron chi connectivity index (χ1n) is 19.0. The molecule has 0 fully saturated rings. The van der Waals surface area contributed by atoms with Crippen molar-refractivity contribution in [3.63, 3.8) is 0 Å². The van der Waals surface area contributed by atoms with Crippen molar-refractivity contribution in [3.05, 3.63) is 215 Å². The van der Waals surface area contributed by atoms with E-state index in [-0.39, 0.29) is 5.92 Å². The van der Waals surface area contributed by atoms with Crippen LogP contribution >= 0.6 is 0 Å². The van der Waals surface area contributed by atoms with Crippen LogP contribution in [0.15, 0.2) is 199 Å². The highest BCUT2D eigenvalue weighted by molar-refractivity contribution is 6.12. The van der Waals surface area contributed by atoms with Crippen LogP contribution in [0.25, 0.3) is 43.8 Å². The highest BCUT2D eigenvalue weighted by atomic mass is 14.2. The molecule has 0 heterocycles. The van der Waals surface area contributed by atoms with Gasteiger partial charge in [-0.25, -0.2) is 0 Å². The number of hydrogen-bond donors (Lipinski definition) is 0. The largest absolute Gasteiger partial charge is 0.0798 e. The summed E-state index contributed by atoms with van der Waals surface area (Å²) < 4.78 is 0. The van der Waals surface area contributed by atoms with Gasteiger partial charge < -0.3 is 0 Å². The molecular weight excluding hydrogens is 625 g/mol. The minimum Gasteiger partial charge on any atom is -0.0798 e. The average molecular weight is 671 g/mol. The van der Waals surface area contributed by atoms with Gasteiger partial charge in [-0.3, -0.25) is 0 Å². The van der Waals surface area contributed by atoms with E-state index >= 15 is 0 Å². The molecule has 0 saturated carbocycles. The number of hydrogen-bond acceptors (Lipinski definition) is 0. The zero-order valence-electron chi connectivity index (χ0n) is 30.3. The van der Waals surface area contributed by atoms with Gasteiger partial charge in [-0.05, 0) is 115 Å². The minimum absolute atomic E-state index is 0.287. The Hall–Kier alpha value is -5.72. The Kier molecular flexibility index (Phi) is 9.81. The third-order valence-electron chi connectivity index (χ3n) is 10.9. The van der Waals surface area contributed by atoms with Crippen LogP contribution in [0, 0.1) is 5.92 Å². The maximum atomic E-state index is 2.52. The van der Waals surface area contributed by atoms with Gasteiger partial charge >= 0.3 is 0 Å². The Morgan fingerprint density at radius 3 is 2.12 bits per heavy atom. The summed E-state index contributed by atoms with van der Waals surface area (Å²) in [4.78, 5) is 0. The van der Waals surface area contributed by atoms with Crippen molar-refractivity contribution >= 4 is 32.7 Å². The lowest BCUT2D eigenvalue weighted by molar-refractivity contribution is 0.797. The van der Waals surface area contributed by atoms with E-state index in [1.807, 2.05) is 0 Å².